The molecule has 0 aliphatic carbocycles. The second-order valence-corrected chi connectivity index (χ2v) is 5.96. The zero-order valence-electron chi connectivity index (χ0n) is 13.7. The average molecular weight is 292 g/mol. The van der Waals surface area contributed by atoms with E-state index in [4.69, 9.17) is 9.47 Å². The fraction of sp³-hybridized carbons (Fsp3) is 0.647. The van der Waals surface area contributed by atoms with E-state index in [1.165, 1.54) is 16.8 Å². The van der Waals surface area contributed by atoms with Crippen molar-refractivity contribution in [2.75, 3.05) is 38.3 Å². The van der Waals surface area contributed by atoms with Gasteiger partial charge in [0.15, 0.2) is 0 Å². The van der Waals surface area contributed by atoms with Crippen LogP contribution in [0.25, 0.3) is 0 Å². The lowest BCUT2D eigenvalue weighted by molar-refractivity contribution is -0.00526. The number of rotatable bonds is 6. The largest absolute Gasteiger partial charge is 0.383 e. The first-order valence-electron chi connectivity index (χ1n) is 7.79. The van der Waals surface area contributed by atoms with Gasteiger partial charge in [-0.25, -0.2) is 0 Å². The molecule has 1 aliphatic heterocycles. The summed E-state index contributed by atoms with van der Waals surface area (Å²) < 4.78 is 10.9. The van der Waals surface area contributed by atoms with Gasteiger partial charge < -0.3 is 19.7 Å². The number of morpholine rings is 1. The molecule has 0 radical (unpaired) electrons. The first-order valence-corrected chi connectivity index (χ1v) is 7.79. The summed E-state index contributed by atoms with van der Waals surface area (Å²) in [6, 6.07) is 6.71. The minimum atomic E-state index is 0.282. The van der Waals surface area contributed by atoms with Gasteiger partial charge in [0.05, 0.1) is 18.8 Å². The Hall–Kier alpha value is -1.10. The maximum atomic E-state index is 5.84. The van der Waals surface area contributed by atoms with Crippen molar-refractivity contribution in [1.29, 1.82) is 0 Å². The monoisotopic (exact) mass is 292 g/mol. The van der Waals surface area contributed by atoms with Crippen LogP contribution in [0.5, 0.6) is 0 Å². The molecule has 1 aromatic carbocycles. The second-order valence-electron chi connectivity index (χ2n) is 5.96. The van der Waals surface area contributed by atoms with Crippen molar-refractivity contribution >= 4 is 5.69 Å². The molecule has 1 fully saturated rings. The molecule has 4 heteroatoms. The molecule has 2 rings (SSSR count). The van der Waals surface area contributed by atoms with Gasteiger partial charge in [-0.15, -0.1) is 0 Å². The highest BCUT2D eigenvalue weighted by atomic mass is 16.5. The van der Waals surface area contributed by atoms with Crippen LogP contribution in [0.15, 0.2) is 18.2 Å². The molecule has 1 N–H and O–H groups in total. The van der Waals surface area contributed by atoms with E-state index in [0.717, 1.165) is 32.8 Å². The van der Waals surface area contributed by atoms with E-state index >= 15 is 0 Å². The summed E-state index contributed by atoms with van der Waals surface area (Å²) in [4.78, 5) is 2.45. The van der Waals surface area contributed by atoms with Crippen LogP contribution in [0.3, 0.4) is 0 Å². The number of methoxy groups -OCH3 is 1. The van der Waals surface area contributed by atoms with Crippen molar-refractivity contribution in [2.24, 2.45) is 0 Å². The highest BCUT2D eigenvalue weighted by Crippen LogP contribution is 2.25. The van der Waals surface area contributed by atoms with Crippen molar-refractivity contribution in [1.82, 2.24) is 5.32 Å². The Bertz CT molecular complexity index is 440. The van der Waals surface area contributed by atoms with Crippen molar-refractivity contribution in [3.8, 4) is 0 Å². The topological polar surface area (TPSA) is 33.7 Å². The third-order valence-electron chi connectivity index (χ3n) is 3.79. The fourth-order valence-corrected chi connectivity index (χ4v) is 2.94. The lowest BCUT2D eigenvalue weighted by Crippen LogP contribution is -2.46. The van der Waals surface area contributed by atoms with E-state index < -0.39 is 0 Å². The Balaban J connectivity index is 2.10. The highest BCUT2D eigenvalue weighted by Gasteiger charge is 2.23. The molecule has 0 bridgehead atoms. The smallest absolute Gasteiger partial charge is 0.0726 e. The molecule has 1 heterocycles. The van der Waals surface area contributed by atoms with Crippen LogP contribution in [0.1, 0.15) is 25.0 Å². The maximum absolute atomic E-state index is 5.84. The first-order chi connectivity index (χ1) is 10.1. The Morgan fingerprint density at radius 1 is 1.29 bits per heavy atom. The number of aryl methyl sites for hydroxylation is 1. The molecule has 0 aromatic heterocycles. The summed E-state index contributed by atoms with van der Waals surface area (Å²) >= 11 is 0. The number of nitrogens with one attached hydrogen (secondary N) is 1. The molecule has 2 atom stereocenters. The summed E-state index contributed by atoms with van der Waals surface area (Å²) in [5.41, 5.74) is 3.98. The minimum Gasteiger partial charge on any atom is -0.383 e. The Morgan fingerprint density at radius 2 is 2.00 bits per heavy atom. The molecule has 118 valence electrons. The Morgan fingerprint density at radius 3 is 2.67 bits per heavy atom. The third kappa shape index (κ3) is 4.70. The van der Waals surface area contributed by atoms with Gasteiger partial charge in [0.25, 0.3) is 0 Å². The molecule has 1 saturated heterocycles. The van der Waals surface area contributed by atoms with E-state index in [1.807, 2.05) is 0 Å². The molecule has 21 heavy (non-hydrogen) atoms. The lowest BCUT2D eigenvalue weighted by Gasteiger charge is -2.38. The number of nitrogens with zero attached hydrogens (tertiary/aromatic N) is 1. The van der Waals surface area contributed by atoms with E-state index in [2.05, 4.69) is 49.2 Å². The van der Waals surface area contributed by atoms with Crippen molar-refractivity contribution in [2.45, 2.75) is 39.5 Å². The second kappa shape index (κ2) is 7.78. The Labute approximate surface area is 128 Å². The molecular formula is C17H28N2O2. The highest BCUT2D eigenvalue weighted by molar-refractivity contribution is 5.55. The van der Waals surface area contributed by atoms with Crippen molar-refractivity contribution in [3.05, 3.63) is 29.3 Å². The molecule has 1 aromatic rings. The SMILES string of the molecule is COCCNCc1cc(C)ccc1N1C[C@@H](C)O[C@@H](C)C1. The van der Waals surface area contributed by atoms with Gasteiger partial charge in [-0.3, -0.25) is 0 Å². The molecule has 0 saturated carbocycles. The zero-order chi connectivity index (χ0) is 15.2. The van der Waals surface area contributed by atoms with Crippen LogP contribution in [0, 0.1) is 6.92 Å². The minimum absolute atomic E-state index is 0.282. The average Bonchev–Trinajstić information content (AvgIpc) is 2.42. The quantitative estimate of drug-likeness (QED) is 0.816. The summed E-state index contributed by atoms with van der Waals surface area (Å²) in [5.74, 6) is 0. The first kappa shape index (κ1) is 16.3. The van der Waals surface area contributed by atoms with Crippen molar-refractivity contribution in [3.63, 3.8) is 0 Å². The standard InChI is InChI=1S/C17H28N2O2/c1-13-5-6-17(16(9-13)10-18-7-8-20-4)19-11-14(2)21-15(3)12-19/h5-6,9,14-15,18H,7-8,10-12H2,1-4H3/t14-,15+. The number of hydrogen-bond donors (Lipinski definition) is 1. The summed E-state index contributed by atoms with van der Waals surface area (Å²) in [5, 5.41) is 3.45. The lowest BCUT2D eigenvalue weighted by atomic mass is 10.1. The number of anilines is 1. The Kier molecular flexibility index (Phi) is 6.03. The van der Waals surface area contributed by atoms with E-state index in [1.54, 1.807) is 7.11 Å². The predicted molar refractivity (Wildman–Crippen MR) is 87.0 cm³/mol. The summed E-state index contributed by atoms with van der Waals surface area (Å²) in [7, 11) is 1.73. The molecule has 0 spiro atoms. The molecule has 0 unspecified atom stereocenters. The fourth-order valence-electron chi connectivity index (χ4n) is 2.94. The molecule has 0 amide bonds. The molecule has 4 nitrogen and oxygen atoms in total. The predicted octanol–water partition coefficient (Wildman–Crippen LogP) is 2.34. The van der Waals surface area contributed by atoms with Crippen LogP contribution in [-0.2, 0) is 16.0 Å². The van der Waals surface area contributed by atoms with E-state index in [0.29, 0.717) is 0 Å². The van der Waals surface area contributed by atoms with Gasteiger partial charge in [-0.2, -0.15) is 0 Å². The van der Waals surface area contributed by atoms with Gasteiger partial charge in [0.1, 0.15) is 0 Å². The van der Waals surface area contributed by atoms with Crippen LogP contribution >= 0.6 is 0 Å². The van der Waals surface area contributed by atoms with Gasteiger partial charge in [0, 0.05) is 39.0 Å². The molecule has 1 aliphatic rings. The number of benzene rings is 1. The summed E-state index contributed by atoms with van der Waals surface area (Å²) in [6.45, 7) is 10.8. The third-order valence-corrected chi connectivity index (χ3v) is 3.79. The van der Waals surface area contributed by atoms with E-state index in [-0.39, 0.29) is 12.2 Å². The van der Waals surface area contributed by atoms with Crippen LogP contribution in [-0.4, -0.2) is 45.6 Å². The van der Waals surface area contributed by atoms with Crippen LogP contribution < -0.4 is 10.2 Å². The van der Waals surface area contributed by atoms with Crippen LogP contribution in [0.4, 0.5) is 5.69 Å². The molecular weight excluding hydrogens is 264 g/mol. The van der Waals surface area contributed by atoms with Gasteiger partial charge in [-0.05, 0) is 32.4 Å². The van der Waals surface area contributed by atoms with Gasteiger partial charge in [0.2, 0.25) is 0 Å². The maximum Gasteiger partial charge on any atom is 0.0726 e. The number of hydrogen-bond acceptors (Lipinski definition) is 4. The van der Waals surface area contributed by atoms with E-state index in [9.17, 15) is 0 Å². The number of ether oxygens (including phenoxy) is 2. The van der Waals surface area contributed by atoms with Gasteiger partial charge in [-0.1, -0.05) is 17.7 Å². The van der Waals surface area contributed by atoms with Crippen LogP contribution in [0.2, 0.25) is 0 Å². The van der Waals surface area contributed by atoms with Gasteiger partial charge >= 0.3 is 0 Å². The zero-order valence-corrected chi connectivity index (χ0v) is 13.7. The summed E-state index contributed by atoms with van der Waals surface area (Å²) in [6.07, 6.45) is 0.564. The van der Waals surface area contributed by atoms with Crippen molar-refractivity contribution < 1.29 is 9.47 Å². The normalized spacial score (nSPS) is 22.6.